The zero-order chi connectivity index (χ0) is 11.5. The molecule has 0 aliphatic rings. The molecule has 0 saturated heterocycles. The number of alkyl halides is 1. The van der Waals surface area contributed by atoms with Crippen molar-refractivity contribution in [2.75, 3.05) is 23.8 Å². The molecular formula is C12H13BrN2O. The minimum atomic E-state index is 0.272. The van der Waals surface area contributed by atoms with Gasteiger partial charge in [-0.25, -0.2) is 4.98 Å². The second-order valence-corrected chi connectivity index (χ2v) is 4.44. The largest absolute Gasteiger partial charge is 0.508 e. The van der Waals surface area contributed by atoms with Gasteiger partial charge in [0.25, 0.3) is 0 Å². The van der Waals surface area contributed by atoms with E-state index in [9.17, 15) is 5.11 Å². The maximum Gasteiger partial charge on any atom is 0.136 e. The molecule has 1 N–H and O–H groups in total. The minimum Gasteiger partial charge on any atom is -0.508 e. The van der Waals surface area contributed by atoms with Gasteiger partial charge in [0.2, 0.25) is 0 Å². The molecule has 3 nitrogen and oxygen atoms in total. The quantitative estimate of drug-likeness (QED) is 0.879. The van der Waals surface area contributed by atoms with E-state index in [2.05, 4.69) is 25.8 Å². The summed E-state index contributed by atoms with van der Waals surface area (Å²) >= 11 is 3.41. The van der Waals surface area contributed by atoms with E-state index in [4.69, 9.17) is 0 Å². The number of pyridine rings is 1. The molecule has 0 unspecified atom stereocenters. The number of nitrogens with zero attached hydrogens (tertiary/aromatic N) is 2. The highest BCUT2D eigenvalue weighted by Gasteiger charge is 2.07. The van der Waals surface area contributed by atoms with Crippen LogP contribution in [0.25, 0.3) is 10.8 Å². The van der Waals surface area contributed by atoms with Crippen molar-refractivity contribution in [1.82, 2.24) is 4.98 Å². The second-order valence-electron chi connectivity index (χ2n) is 3.65. The molecule has 0 radical (unpaired) electrons. The summed E-state index contributed by atoms with van der Waals surface area (Å²) in [6.07, 6.45) is 1.79. The molecule has 0 bridgehead atoms. The lowest BCUT2D eigenvalue weighted by molar-refractivity contribution is 0.476. The van der Waals surface area contributed by atoms with Crippen molar-refractivity contribution in [3.05, 3.63) is 30.5 Å². The Balaban J connectivity index is 2.55. The van der Waals surface area contributed by atoms with Crippen LogP contribution < -0.4 is 4.90 Å². The van der Waals surface area contributed by atoms with Crippen LogP contribution in [-0.4, -0.2) is 29.0 Å². The van der Waals surface area contributed by atoms with Crippen LogP contribution in [0.4, 0.5) is 5.82 Å². The third-order valence-corrected chi connectivity index (χ3v) is 2.86. The van der Waals surface area contributed by atoms with E-state index in [1.165, 1.54) is 0 Å². The number of hydrogen-bond donors (Lipinski definition) is 1. The summed E-state index contributed by atoms with van der Waals surface area (Å²) in [5.74, 6) is 1.17. The minimum absolute atomic E-state index is 0.272. The molecule has 16 heavy (non-hydrogen) atoms. The Morgan fingerprint density at radius 1 is 1.38 bits per heavy atom. The Hall–Kier alpha value is -1.29. The van der Waals surface area contributed by atoms with Crippen molar-refractivity contribution in [1.29, 1.82) is 0 Å². The van der Waals surface area contributed by atoms with Gasteiger partial charge in [0.1, 0.15) is 11.6 Å². The van der Waals surface area contributed by atoms with Gasteiger partial charge in [0.15, 0.2) is 0 Å². The van der Waals surface area contributed by atoms with Crippen LogP contribution >= 0.6 is 15.9 Å². The number of anilines is 1. The molecule has 1 aromatic heterocycles. The molecular weight excluding hydrogens is 268 g/mol. The summed E-state index contributed by atoms with van der Waals surface area (Å²) in [4.78, 5) is 6.43. The number of fused-ring (bicyclic) bond motifs is 1. The van der Waals surface area contributed by atoms with Crippen LogP contribution in [0.15, 0.2) is 30.5 Å². The molecule has 0 fully saturated rings. The van der Waals surface area contributed by atoms with E-state index >= 15 is 0 Å². The lowest BCUT2D eigenvalue weighted by Gasteiger charge is -2.18. The molecule has 2 aromatic rings. The summed E-state index contributed by atoms with van der Waals surface area (Å²) in [6.45, 7) is 0.877. The third kappa shape index (κ3) is 2.11. The van der Waals surface area contributed by atoms with E-state index in [0.717, 1.165) is 28.5 Å². The van der Waals surface area contributed by atoms with Crippen molar-refractivity contribution in [3.8, 4) is 5.75 Å². The van der Waals surface area contributed by atoms with Crippen LogP contribution in [0.2, 0.25) is 0 Å². The first-order valence-electron chi connectivity index (χ1n) is 5.07. The van der Waals surface area contributed by atoms with Gasteiger partial charge in [-0.1, -0.05) is 22.0 Å². The molecule has 0 saturated carbocycles. The molecule has 1 heterocycles. The number of halogens is 1. The fourth-order valence-corrected chi connectivity index (χ4v) is 2.21. The smallest absolute Gasteiger partial charge is 0.136 e. The van der Waals surface area contributed by atoms with E-state index in [1.54, 1.807) is 18.3 Å². The molecule has 0 spiro atoms. The highest BCUT2D eigenvalue weighted by Crippen LogP contribution is 2.26. The number of phenols is 1. The molecule has 0 aliphatic carbocycles. The van der Waals surface area contributed by atoms with Gasteiger partial charge in [0.05, 0.1) is 0 Å². The zero-order valence-electron chi connectivity index (χ0n) is 9.02. The molecule has 0 aliphatic heterocycles. The first-order valence-corrected chi connectivity index (χ1v) is 6.19. The van der Waals surface area contributed by atoms with Crippen molar-refractivity contribution in [3.63, 3.8) is 0 Å². The van der Waals surface area contributed by atoms with Crippen LogP contribution in [-0.2, 0) is 0 Å². The summed E-state index contributed by atoms with van der Waals surface area (Å²) < 4.78 is 0. The lowest BCUT2D eigenvalue weighted by atomic mass is 10.1. The Bertz CT molecular complexity index is 501. The van der Waals surface area contributed by atoms with Gasteiger partial charge in [-0.3, -0.25) is 0 Å². The number of aromatic hydroxyl groups is 1. The highest BCUT2D eigenvalue weighted by molar-refractivity contribution is 9.09. The van der Waals surface area contributed by atoms with Crippen LogP contribution in [0.5, 0.6) is 5.75 Å². The average Bonchev–Trinajstić information content (AvgIpc) is 2.28. The maximum atomic E-state index is 9.51. The molecule has 4 heteroatoms. The number of hydrogen-bond acceptors (Lipinski definition) is 3. The van der Waals surface area contributed by atoms with E-state index in [0.29, 0.717) is 0 Å². The highest BCUT2D eigenvalue weighted by atomic mass is 79.9. The summed E-state index contributed by atoms with van der Waals surface area (Å²) in [5.41, 5.74) is 0. The number of aromatic nitrogens is 1. The summed E-state index contributed by atoms with van der Waals surface area (Å²) in [6, 6.07) is 7.29. The van der Waals surface area contributed by atoms with Gasteiger partial charge in [0, 0.05) is 30.5 Å². The fraction of sp³-hybridized carbons (Fsp3) is 0.250. The van der Waals surface area contributed by atoms with E-state index < -0.39 is 0 Å². The van der Waals surface area contributed by atoms with Crippen molar-refractivity contribution < 1.29 is 5.11 Å². The Kier molecular flexibility index (Phi) is 3.29. The van der Waals surface area contributed by atoms with Crippen LogP contribution in [0.1, 0.15) is 0 Å². The van der Waals surface area contributed by atoms with Gasteiger partial charge < -0.3 is 10.0 Å². The first kappa shape index (κ1) is 11.2. The molecule has 0 atom stereocenters. The fourth-order valence-electron chi connectivity index (χ4n) is 1.68. The van der Waals surface area contributed by atoms with E-state index in [-0.39, 0.29) is 5.75 Å². The monoisotopic (exact) mass is 280 g/mol. The van der Waals surface area contributed by atoms with Crippen molar-refractivity contribution in [2.24, 2.45) is 0 Å². The molecule has 2 rings (SSSR count). The molecule has 84 valence electrons. The van der Waals surface area contributed by atoms with Gasteiger partial charge >= 0.3 is 0 Å². The predicted molar refractivity (Wildman–Crippen MR) is 70.5 cm³/mol. The topological polar surface area (TPSA) is 36.4 Å². The third-order valence-electron chi connectivity index (χ3n) is 2.51. The Morgan fingerprint density at radius 3 is 2.94 bits per heavy atom. The maximum absolute atomic E-state index is 9.51. The summed E-state index contributed by atoms with van der Waals surface area (Å²) in [5, 5.41) is 12.5. The number of phenolic OH excluding ortho intramolecular Hbond substituents is 1. The number of rotatable bonds is 3. The number of benzene rings is 1. The lowest BCUT2D eigenvalue weighted by Crippen LogP contribution is -2.20. The van der Waals surface area contributed by atoms with E-state index in [1.807, 2.05) is 19.2 Å². The van der Waals surface area contributed by atoms with Gasteiger partial charge in [-0.15, -0.1) is 0 Å². The zero-order valence-corrected chi connectivity index (χ0v) is 10.6. The summed E-state index contributed by atoms with van der Waals surface area (Å²) in [7, 11) is 1.99. The molecule has 1 aromatic carbocycles. The normalized spacial score (nSPS) is 10.6. The van der Waals surface area contributed by atoms with Crippen LogP contribution in [0, 0.1) is 0 Å². The predicted octanol–water partition coefficient (Wildman–Crippen LogP) is 2.77. The van der Waals surface area contributed by atoms with Crippen molar-refractivity contribution in [2.45, 2.75) is 0 Å². The standard InChI is InChI=1S/C12H13BrN2O/c1-15(7-5-13)12-11-8-10(16)3-2-9(11)4-6-14-12/h2-4,6,8,16H,5,7H2,1H3. The first-order chi connectivity index (χ1) is 7.72. The van der Waals surface area contributed by atoms with Crippen LogP contribution in [0.3, 0.4) is 0 Å². The van der Waals surface area contributed by atoms with Gasteiger partial charge in [-0.2, -0.15) is 0 Å². The average molecular weight is 281 g/mol. The Labute approximate surface area is 103 Å². The SMILES string of the molecule is CN(CCBr)c1nccc2ccc(O)cc12. The van der Waals surface area contributed by atoms with Gasteiger partial charge in [-0.05, 0) is 23.6 Å². The Morgan fingerprint density at radius 2 is 2.19 bits per heavy atom. The van der Waals surface area contributed by atoms with Crippen molar-refractivity contribution >= 4 is 32.5 Å². The second kappa shape index (κ2) is 4.70. The molecule has 0 amide bonds.